The van der Waals surface area contributed by atoms with Crippen LogP contribution in [-0.4, -0.2) is 34.8 Å². The summed E-state index contributed by atoms with van der Waals surface area (Å²) in [6.07, 6.45) is 0.677. The van der Waals surface area contributed by atoms with Crippen molar-refractivity contribution < 1.29 is 13.6 Å². The zero-order valence-electron chi connectivity index (χ0n) is 13.6. The van der Waals surface area contributed by atoms with Gasteiger partial charge in [0.15, 0.2) is 11.6 Å². The summed E-state index contributed by atoms with van der Waals surface area (Å²) in [7, 11) is 1.46. The summed E-state index contributed by atoms with van der Waals surface area (Å²) in [5, 5.41) is 9.97. The number of rotatable bonds is 3. The van der Waals surface area contributed by atoms with Crippen LogP contribution in [0.15, 0.2) is 35.1 Å². The summed E-state index contributed by atoms with van der Waals surface area (Å²) in [5.74, 6) is -2.36. The van der Waals surface area contributed by atoms with E-state index in [9.17, 15) is 18.4 Å². The molecule has 1 aliphatic rings. The number of nitrogens with zero attached hydrogens (tertiary/aromatic N) is 2. The molecule has 25 heavy (non-hydrogen) atoms. The van der Waals surface area contributed by atoms with E-state index in [1.165, 1.54) is 31.3 Å². The summed E-state index contributed by atoms with van der Waals surface area (Å²) in [5.41, 5.74) is 0.450. The van der Waals surface area contributed by atoms with E-state index in [1.807, 2.05) is 0 Å². The molecule has 1 aromatic carbocycles. The molecule has 2 aromatic rings. The number of halogens is 2. The van der Waals surface area contributed by atoms with E-state index in [-0.39, 0.29) is 23.2 Å². The maximum absolute atomic E-state index is 13.6. The van der Waals surface area contributed by atoms with Gasteiger partial charge in [-0.15, -0.1) is 0 Å². The number of benzene rings is 1. The Kier molecular flexibility index (Phi) is 4.89. The van der Waals surface area contributed by atoms with Crippen molar-refractivity contribution in [3.05, 3.63) is 63.6 Å². The highest BCUT2D eigenvalue weighted by molar-refractivity contribution is 5.92. The zero-order valence-corrected chi connectivity index (χ0v) is 13.6. The van der Waals surface area contributed by atoms with Crippen LogP contribution in [0.1, 0.15) is 28.4 Å². The Morgan fingerprint density at radius 2 is 2.08 bits per heavy atom. The Bertz CT molecular complexity index is 853. The van der Waals surface area contributed by atoms with Crippen LogP contribution >= 0.6 is 0 Å². The molecule has 8 heteroatoms. The van der Waals surface area contributed by atoms with Crippen molar-refractivity contribution in [1.29, 1.82) is 0 Å². The van der Waals surface area contributed by atoms with Gasteiger partial charge in [-0.2, -0.15) is 5.10 Å². The van der Waals surface area contributed by atoms with Crippen LogP contribution in [0.2, 0.25) is 0 Å². The average Bonchev–Trinajstić information content (AvgIpc) is 2.60. The Balaban J connectivity index is 1.80. The Morgan fingerprint density at radius 3 is 2.80 bits per heavy atom. The molecular formula is C17H18F2N4O2. The van der Waals surface area contributed by atoms with Crippen molar-refractivity contribution in [2.45, 2.75) is 18.4 Å². The first-order chi connectivity index (χ1) is 12.0. The molecule has 6 nitrogen and oxygen atoms in total. The molecule has 0 bridgehead atoms. The van der Waals surface area contributed by atoms with Gasteiger partial charge in [-0.1, -0.05) is 6.07 Å². The average molecular weight is 348 g/mol. The van der Waals surface area contributed by atoms with E-state index in [0.717, 1.165) is 10.7 Å². The number of aryl methyl sites for hydroxylation is 1. The number of hydrogen-bond acceptors (Lipinski definition) is 4. The summed E-state index contributed by atoms with van der Waals surface area (Å²) in [4.78, 5) is 23.8. The van der Waals surface area contributed by atoms with Gasteiger partial charge in [0.1, 0.15) is 5.69 Å². The highest BCUT2D eigenvalue weighted by Gasteiger charge is 2.29. The molecule has 1 aromatic heterocycles. The third-order valence-corrected chi connectivity index (χ3v) is 4.36. The topological polar surface area (TPSA) is 76.0 Å². The van der Waals surface area contributed by atoms with Crippen molar-refractivity contribution in [3.8, 4) is 0 Å². The predicted octanol–water partition coefficient (Wildman–Crippen LogP) is 0.934. The van der Waals surface area contributed by atoms with Crippen LogP contribution in [-0.2, 0) is 7.05 Å². The molecular weight excluding hydrogens is 330 g/mol. The minimum absolute atomic E-state index is 0.122. The number of carbonyl (C=O) groups is 1. The monoisotopic (exact) mass is 348 g/mol. The molecule has 1 amide bonds. The molecule has 0 aliphatic carbocycles. The Labute approximate surface area is 142 Å². The number of piperidine rings is 1. The lowest BCUT2D eigenvalue weighted by Gasteiger charge is -2.33. The molecule has 1 saturated heterocycles. The molecule has 3 rings (SSSR count). The van der Waals surface area contributed by atoms with Crippen molar-refractivity contribution in [2.75, 3.05) is 13.1 Å². The second kappa shape index (κ2) is 7.10. The maximum atomic E-state index is 13.6. The number of aromatic nitrogens is 2. The maximum Gasteiger partial charge on any atom is 0.272 e. The van der Waals surface area contributed by atoms with Crippen LogP contribution in [0.5, 0.6) is 0 Å². The van der Waals surface area contributed by atoms with Crippen molar-refractivity contribution >= 4 is 5.91 Å². The molecule has 1 aliphatic heterocycles. The number of amides is 1. The van der Waals surface area contributed by atoms with Crippen LogP contribution in [0.25, 0.3) is 0 Å². The fraction of sp³-hybridized carbons (Fsp3) is 0.353. The highest BCUT2D eigenvalue weighted by Crippen LogP contribution is 2.27. The fourth-order valence-electron chi connectivity index (χ4n) is 3.02. The minimum atomic E-state index is -0.902. The van der Waals surface area contributed by atoms with E-state index in [0.29, 0.717) is 25.1 Å². The predicted molar refractivity (Wildman–Crippen MR) is 87.3 cm³/mol. The van der Waals surface area contributed by atoms with Crippen LogP contribution in [0, 0.1) is 11.6 Å². The van der Waals surface area contributed by atoms with Crippen LogP contribution in [0.3, 0.4) is 0 Å². The second-order valence-electron chi connectivity index (χ2n) is 6.03. The smallest absolute Gasteiger partial charge is 0.272 e. The van der Waals surface area contributed by atoms with Crippen molar-refractivity contribution in [3.63, 3.8) is 0 Å². The van der Waals surface area contributed by atoms with Gasteiger partial charge in [-0.25, -0.2) is 13.5 Å². The Morgan fingerprint density at radius 1 is 1.28 bits per heavy atom. The molecule has 132 valence electrons. The number of nitrogens with one attached hydrogen (secondary N) is 2. The first-order valence-electron chi connectivity index (χ1n) is 7.96. The van der Waals surface area contributed by atoms with Gasteiger partial charge >= 0.3 is 0 Å². The zero-order chi connectivity index (χ0) is 18.0. The minimum Gasteiger partial charge on any atom is -0.346 e. The van der Waals surface area contributed by atoms with Crippen LogP contribution in [0.4, 0.5) is 8.78 Å². The van der Waals surface area contributed by atoms with Gasteiger partial charge < -0.3 is 10.6 Å². The quantitative estimate of drug-likeness (QED) is 0.865. The summed E-state index contributed by atoms with van der Waals surface area (Å²) < 4.78 is 27.8. The molecule has 2 atom stereocenters. The molecule has 2 heterocycles. The van der Waals surface area contributed by atoms with Crippen LogP contribution < -0.4 is 16.2 Å². The van der Waals surface area contributed by atoms with E-state index in [2.05, 4.69) is 15.7 Å². The summed E-state index contributed by atoms with van der Waals surface area (Å²) in [6, 6.07) is 6.15. The first-order valence-corrected chi connectivity index (χ1v) is 7.96. The number of hydrogen-bond donors (Lipinski definition) is 2. The fourth-order valence-corrected chi connectivity index (χ4v) is 3.02. The van der Waals surface area contributed by atoms with Gasteiger partial charge in [0.25, 0.3) is 11.5 Å². The Hall–Kier alpha value is -2.61. The third kappa shape index (κ3) is 3.74. The third-order valence-electron chi connectivity index (χ3n) is 4.36. The lowest BCUT2D eigenvalue weighted by atomic mass is 9.86. The SMILES string of the molecule is Cn1nc(C(=O)NC2CNCCC2c2ccc(F)c(F)c2)ccc1=O. The molecule has 1 fully saturated rings. The van der Waals surface area contributed by atoms with E-state index < -0.39 is 17.5 Å². The van der Waals surface area contributed by atoms with Gasteiger partial charge in [-0.05, 0) is 36.7 Å². The number of carbonyl (C=O) groups excluding carboxylic acids is 1. The molecule has 0 saturated carbocycles. The molecule has 2 N–H and O–H groups in total. The standard InChI is InChI=1S/C17H18F2N4O2/c1-23-16(24)5-4-14(22-23)17(25)21-15-9-20-7-6-11(15)10-2-3-12(18)13(19)8-10/h2-5,8,11,15,20H,6-7,9H2,1H3,(H,21,25). The van der Waals surface area contributed by atoms with Gasteiger partial charge in [0, 0.05) is 31.6 Å². The van der Waals surface area contributed by atoms with E-state index in [1.54, 1.807) is 0 Å². The molecule has 2 unspecified atom stereocenters. The first kappa shape index (κ1) is 17.2. The summed E-state index contributed by atoms with van der Waals surface area (Å²) in [6.45, 7) is 1.22. The van der Waals surface area contributed by atoms with Crippen molar-refractivity contribution in [2.24, 2.45) is 7.05 Å². The van der Waals surface area contributed by atoms with Gasteiger partial charge in [0.2, 0.25) is 0 Å². The van der Waals surface area contributed by atoms with E-state index >= 15 is 0 Å². The van der Waals surface area contributed by atoms with Gasteiger partial charge in [-0.3, -0.25) is 9.59 Å². The largest absolute Gasteiger partial charge is 0.346 e. The van der Waals surface area contributed by atoms with E-state index in [4.69, 9.17) is 0 Å². The highest BCUT2D eigenvalue weighted by atomic mass is 19.2. The lowest BCUT2D eigenvalue weighted by Crippen LogP contribution is -2.50. The van der Waals surface area contributed by atoms with Gasteiger partial charge in [0.05, 0.1) is 0 Å². The molecule has 0 spiro atoms. The van der Waals surface area contributed by atoms with Crippen molar-refractivity contribution in [1.82, 2.24) is 20.4 Å². The lowest BCUT2D eigenvalue weighted by molar-refractivity contribution is 0.0917. The second-order valence-corrected chi connectivity index (χ2v) is 6.03. The normalized spacial score (nSPS) is 20.3. The summed E-state index contributed by atoms with van der Waals surface area (Å²) >= 11 is 0. The molecule has 0 radical (unpaired) electrons.